The van der Waals surface area contributed by atoms with Crippen molar-refractivity contribution >= 4 is 11.4 Å². The van der Waals surface area contributed by atoms with Gasteiger partial charge >= 0.3 is 0 Å². The van der Waals surface area contributed by atoms with Gasteiger partial charge in [0.05, 0.1) is 11.4 Å². The number of hydrogen-bond acceptors (Lipinski definition) is 2. The van der Waals surface area contributed by atoms with E-state index >= 15 is 0 Å². The summed E-state index contributed by atoms with van der Waals surface area (Å²) in [5.41, 5.74) is 0. The van der Waals surface area contributed by atoms with Crippen LogP contribution in [0.3, 0.4) is 0 Å². The monoisotopic (exact) mass is 181 g/mol. The SMILES string of the molecule is O.O.O=S([O-])O.[Zn]. The fourth-order valence-electron chi connectivity index (χ4n) is 0. The molecule has 0 radical (unpaired) electrons. The molecule has 0 aliphatic carbocycles. The second kappa shape index (κ2) is 16.0. The van der Waals surface area contributed by atoms with Crippen LogP contribution in [-0.2, 0) is 30.8 Å². The van der Waals surface area contributed by atoms with Crippen LogP contribution in [0.1, 0.15) is 0 Å². The predicted octanol–water partition coefficient (Wildman–Crippen LogP) is -2.31. The normalized spacial score (nSPS) is 8.86. The van der Waals surface area contributed by atoms with E-state index in [1.54, 1.807) is 0 Å². The molecule has 0 saturated carbocycles. The molecule has 0 amide bonds. The van der Waals surface area contributed by atoms with Crippen molar-refractivity contribution in [3.05, 3.63) is 0 Å². The van der Waals surface area contributed by atoms with E-state index in [1.807, 2.05) is 0 Å². The quantitative estimate of drug-likeness (QED) is 0.334. The smallest absolute Gasteiger partial charge is 0.0814 e. The van der Waals surface area contributed by atoms with Crippen LogP contribution in [-0.4, -0.2) is 24.3 Å². The van der Waals surface area contributed by atoms with E-state index in [0.29, 0.717) is 0 Å². The van der Waals surface area contributed by atoms with Gasteiger partial charge in [0.15, 0.2) is 0 Å². The Kier molecular flexibility index (Phi) is 58.1. The fraction of sp³-hybridized carbons (Fsp3) is 0. The molecule has 0 rings (SSSR count). The van der Waals surface area contributed by atoms with Gasteiger partial charge in [-0.05, 0) is 0 Å². The van der Waals surface area contributed by atoms with E-state index in [2.05, 4.69) is 0 Å². The maximum Gasteiger partial charge on any atom is 0.0814 e. The van der Waals surface area contributed by atoms with Gasteiger partial charge < -0.3 is 20.1 Å². The molecule has 0 saturated heterocycles. The van der Waals surface area contributed by atoms with Crippen LogP contribution in [0.15, 0.2) is 0 Å². The van der Waals surface area contributed by atoms with Gasteiger partial charge in [-0.1, -0.05) is 0 Å². The molecule has 7 heavy (non-hydrogen) atoms. The third kappa shape index (κ3) is 374. The largest absolute Gasteiger partial charge is 0.750 e. The Morgan fingerprint density at radius 3 is 1.43 bits per heavy atom. The van der Waals surface area contributed by atoms with Crippen molar-refractivity contribution in [3.63, 3.8) is 0 Å². The molecular weight excluding hydrogens is 177 g/mol. The summed E-state index contributed by atoms with van der Waals surface area (Å²) in [6.45, 7) is 0. The summed E-state index contributed by atoms with van der Waals surface area (Å²) in [5.74, 6) is 0. The first kappa shape index (κ1) is 25.5. The van der Waals surface area contributed by atoms with Crippen LogP contribution in [0.5, 0.6) is 0 Å². The molecule has 0 aromatic heterocycles. The van der Waals surface area contributed by atoms with Gasteiger partial charge in [-0.15, -0.1) is 0 Å². The Labute approximate surface area is 55.6 Å². The second-order valence-corrected chi connectivity index (χ2v) is 0.651. The minimum absolute atomic E-state index is 0. The molecule has 0 aliphatic heterocycles. The van der Waals surface area contributed by atoms with Gasteiger partial charge in [-0.3, -0.25) is 0 Å². The van der Waals surface area contributed by atoms with E-state index in [-0.39, 0.29) is 30.4 Å². The third-order valence-corrected chi connectivity index (χ3v) is 0. The Bertz CT molecular complexity index is 31.1. The molecule has 0 aromatic rings. The maximum absolute atomic E-state index is 8.56. The summed E-state index contributed by atoms with van der Waals surface area (Å²) >= 11 is -2.86. The van der Waals surface area contributed by atoms with Gasteiger partial charge in [-0.2, -0.15) is 0 Å². The molecule has 0 spiro atoms. The fourth-order valence-corrected chi connectivity index (χ4v) is 0. The topological polar surface area (TPSA) is 123 Å². The molecular formula is H5O5SZn-. The average Bonchev–Trinajstić information content (AvgIpc) is 0.811. The van der Waals surface area contributed by atoms with Crippen molar-refractivity contribution in [3.8, 4) is 0 Å². The first-order valence-electron chi connectivity index (χ1n) is 0.516. The van der Waals surface area contributed by atoms with E-state index in [0.717, 1.165) is 0 Å². The van der Waals surface area contributed by atoms with Gasteiger partial charge in [-0.25, -0.2) is 4.21 Å². The van der Waals surface area contributed by atoms with Crippen LogP contribution >= 0.6 is 0 Å². The van der Waals surface area contributed by atoms with Crippen LogP contribution in [0.25, 0.3) is 0 Å². The third-order valence-electron chi connectivity index (χ3n) is 0. The maximum atomic E-state index is 8.56. The molecule has 7 heteroatoms. The average molecular weight is 182 g/mol. The Morgan fingerprint density at radius 2 is 1.43 bits per heavy atom. The first-order valence-corrected chi connectivity index (χ1v) is 1.55. The molecule has 0 aliphatic rings. The van der Waals surface area contributed by atoms with Crippen molar-refractivity contribution in [2.75, 3.05) is 0 Å². The van der Waals surface area contributed by atoms with Crippen molar-refractivity contribution < 1.29 is 43.7 Å². The van der Waals surface area contributed by atoms with Crippen molar-refractivity contribution in [2.45, 2.75) is 0 Å². The molecule has 0 bridgehead atoms. The molecule has 0 heterocycles. The van der Waals surface area contributed by atoms with Gasteiger partial charge in [0, 0.05) is 19.5 Å². The zero-order chi connectivity index (χ0) is 3.58. The van der Waals surface area contributed by atoms with E-state index < -0.39 is 11.4 Å². The Hall–Kier alpha value is 0.613. The van der Waals surface area contributed by atoms with Crippen LogP contribution in [0.2, 0.25) is 0 Å². The summed E-state index contributed by atoms with van der Waals surface area (Å²) in [5, 5.41) is 0. The molecule has 1 atom stereocenters. The summed E-state index contributed by atoms with van der Waals surface area (Å²) in [7, 11) is 0. The van der Waals surface area contributed by atoms with E-state index in [1.165, 1.54) is 0 Å². The standard InChI is InChI=1S/H2O3S.2H2O.Zn/c1-4(2)3;;;/h(H2,1,2,3);2*1H2;/p-1. The van der Waals surface area contributed by atoms with Gasteiger partial charge in [0.2, 0.25) is 0 Å². The molecule has 0 aromatic carbocycles. The number of hydrogen-bond donors (Lipinski definition) is 1. The molecule has 44 valence electrons. The summed E-state index contributed by atoms with van der Waals surface area (Å²) in [4.78, 5) is 0. The zero-order valence-corrected chi connectivity index (χ0v) is 7.16. The van der Waals surface area contributed by atoms with E-state index in [9.17, 15) is 0 Å². The van der Waals surface area contributed by atoms with E-state index in [4.69, 9.17) is 13.3 Å². The van der Waals surface area contributed by atoms with Crippen molar-refractivity contribution in [1.29, 1.82) is 0 Å². The summed E-state index contributed by atoms with van der Waals surface area (Å²) in [6.07, 6.45) is 0. The van der Waals surface area contributed by atoms with Crippen LogP contribution in [0.4, 0.5) is 0 Å². The van der Waals surface area contributed by atoms with Crippen molar-refractivity contribution in [1.82, 2.24) is 0 Å². The molecule has 5 N–H and O–H groups in total. The zero-order valence-electron chi connectivity index (χ0n) is 3.38. The van der Waals surface area contributed by atoms with Gasteiger partial charge in [0.25, 0.3) is 0 Å². The minimum atomic E-state index is -2.86. The van der Waals surface area contributed by atoms with Gasteiger partial charge in [0.1, 0.15) is 0 Å². The summed E-state index contributed by atoms with van der Waals surface area (Å²) < 4.78 is 24.1. The molecule has 0 fully saturated rings. The minimum Gasteiger partial charge on any atom is -0.750 e. The van der Waals surface area contributed by atoms with Crippen LogP contribution in [0, 0.1) is 0 Å². The predicted molar refractivity (Wildman–Crippen MR) is 18.8 cm³/mol. The Morgan fingerprint density at radius 1 is 1.43 bits per heavy atom. The second-order valence-electron chi connectivity index (χ2n) is 0.217. The molecule has 5 nitrogen and oxygen atoms in total. The van der Waals surface area contributed by atoms with Crippen LogP contribution < -0.4 is 0 Å². The number of rotatable bonds is 0. The summed E-state index contributed by atoms with van der Waals surface area (Å²) in [6, 6.07) is 0. The Balaban J connectivity index is -0.0000000150. The first-order chi connectivity index (χ1) is 1.73. The molecule has 1 unspecified atom stereocenters. The van der Waals surface area contributed by atoms with Crippen molar-refractivity contribution in [2.24, 2.45) is 0 Å².